The Kier molecular flexibility index (Phi) is 7.36. The number of anilines is 1. The van der Waals surface area contributed by atoms with Gasteiger partial charge in [-0.25, -0.2) is 4.79 Å². The molecule has 152 valence electrons. The van der Waals surface area contributed by atoms with Crippen LogP contribution in [0.15, 0.2) is 33.8 Å². The number of nitrogens with one attached hydrogen (secondary N) is 3. The lowest BCUT2D eigenvalue weighted by atomic mass is 10.1. The predicted molar refractivity (Wildman–Crippen MR) is 107 cm³/mol. The van der Waals surface area contributed by atoms with Gasteiger partial charge >= 0.3 is 6.09 Å². The average Bonchev–Trinajstić information content (AvgIpc) is 3.03. The fraction of sp³-hybridized carbons (Fsp3) is 0.474. The first-order chi connectivity index (χ1) is 13.2. The largest absolute Gasteiger partial charge is 0.444 e. The summed E-state index contributed by atoms with van der Waals surface area (Å²) in [5.41, 5.74) is 1.30. The summed E-state index contributed by atoms with van der Waals surface area (Å²) in [4.78, 5) is 20.1. The molecule has 0 fully saturated rings. The monoisotopic (exact) mass is 388 g/mol. The Morgan fingerprint density at radius 1 is 1.21 bits per heavy atom. The minimum absolute atomic E-state index is 0.408. The second-order valence-corrected chi connectivity index (χ2v) is 7.16. The lowest BCUT2D eigenvalue weighted by Gasteiger charge is -2.19. The number of nitrogens with zero attached hydrogens (tertiary/aromatic N) is 3. The van der Waals surface area contributed by atoms with Gasteiger partial charge in [0.2, 0.25) is 5.89 Å². The van der Waals surface area contributed by atoms with Gasteiger partial charge in [0.25, 0.3) is 0 Å². The van der Waals surface area contributed by atoms with Crippen molar-refractivity contribution in [2.45, 2.75) is 46.3 Å². The molecule has 1 heterocycles. The summed E-state index contributed by atoms with van der Waals surface area (Å²) in [5, 5.41) is 12.8. The molecule has 0 spiro atoms. The maximum atomic E-state index is 11.8. The van der Waals surface area contributed by atoms with Crippen LogP contribution in [0.2, 0.25) is 0 Å². The van der Waals surface area contributed by atoms with Gasteiger partial charge in [-0.2, -0.15) is 4.98 Å². The topological polar surface area (TPSA) is 114 Å². The van der Waals surface area contributed by atoms with Crippen LogP contribution in [-0.2, 0) is 17.7 Å². The van der Waals surface area contributed by atoms with E-state index >= 15 is 0 Å². The number of rotatable bonds is 6. The molecule has 1 aromatic carbocycles. The number of amides is 1. The highest BCUT2D eigenvalue weighted by atomic mass is 16.6. The molecule has 1 aromatic heterocycles. The van der Waals surface area contributed by atoms with E-state index in [1.165, 1.54) is 0 Å². The molecule has 0 aliphatic heterocycles. The van der Waals surface area contributed by atoms with Crippen LogP contribution in [0.5, 0.6) is 0 Å². The first-order valence-corrected chi connectivity index (χ1v) is 9.08. The van der Waals surface area contributed by atoms with Crippen LogP contribution in [0.1, 0.15) is 38.0 Å². The molecule has 2 aromatic rings. The summed E-state index contributed by atoms with van der Waals surface area (Å²) < 4.78 is 10.3. The van der Waals surface area contributed by atoms with Gasteiger partial charge in [0.15, 0.2) is 11.8 Å². The first-order valence-electron chi connectivity index (χ1n) is 9.08. The molecule has 0 aliphatic rings. The van der Waals surface area contributed by atoms with Crippen LogP contribution in [0.3, 0.4) is 0 Å². The number of aryl methyl sites for hydroxylation is 1. The van der Waals surface area contributed by atoms with Crippen LogP contribution < -0.4 is 16.0 Å². The first kappa shape index (κ1) is 21.2. The van der Waals surface area contributed by atoms with E-state index in [1.807, 2.05) is 45.0 Å². The van der Waals surface area contributed by atoms with Crippen molar-refractivity contribution in [3.8, 4) is 0 Å². The highest BCUT2D eigenvalue weighted by Gasteiger charge is 2.16. The molecule has 0 radical (unpaired) electrons. The van der Waals surface area contributed by atoms with Gasteiger partial charge in [0.05, 0.1) is 6.54 Å². The summed E-state index contributed by atoms with van der Waals surface area (Å²) in [6.45, 7) is 8.36. The molecular weight excluding hydrogens is 360 g/mol. The van der Waals surface area contributed by atoms with Crippen molar-refractivity contribution >= 4 is 17.7 Å². The quantitative estimate of drug-likeness (QED) is 0.515. The molecule has 0 bridgehead atoms. The number of guanidine groups is 1. The van der Waals surface area contributed by atoms with Crippen molar-refractivity contribution in [2.24, 2.45) is 4.99 Å². The lowest BCUT2D eigenvalue weighted by molar-refractivity contribution is 0.0636. The number of aliphatic imine (C=N–C) groups is 1. The Hall–Kier alpha value is -3.10. The van der Waals surface area contributed by atoms with Crippen LogP contribution in [0.4, 0.5) is 10.5 Å². The van der Waals surface area contributed by atoms with E-state index in [9.17, 15) is 4.79 Å². The van der Waals surface area contributed by atoms with E-state index in [-0.39, 0.29) is 0 Å². The SMILES string of the molecule is CN=C(NCCc1ccc(NC(=O)OC(C)(C)C)cc1)NCc1nc(C)no1. The van der Waals surface area contributed by atoms with Crippen LogP contribution >= 0.6 is 0 Å². The number of carbonyl (C=O) groups is 1. The van der Waals surface area contributed by atoms with Gasteiger partial charge in [-0.3, -0.25) is 10.3 Å². The summed E-state index contributed by atoms with van der Waals surface area (Å²) in [6, 6.07) is 7.63. The average molecular weight is 388 g/mol. The minimum Gasteiger partial charge on any atom is -0.444 e. The van der Waals surface area contributed by atoms with Gasteiger partial charge in [-0.05, 0) is 51.8 Å². The van der Waals surface area contributed by atoms with Gasteiger partial charge in [0.1, 0.15) is 5.60 Å². The summed E-state index contributed by atoms with van der Waals surface area (Å²) in [6.07, 6.45) is 0.334. The van der Waals surface area contributed by atoms with E-state index in [1.54, 1.807) is 14.0 Å². The van der Waals surface area contributed by atoms with Crippen molar-refractivity contribution in [1.82, 2.24) is 20.8 Å². The molecule has 0 aliphatic carbocycles. The normalized spacial score (nSPS) is 11.8. The zero-order chi connectivity index (χ0) is 20.6. The number of ether oxygens (including phenoxy) is 1. The van der Waals surface area contributed by atoms with Gasteiger partial charge in [-0.1, -0.05) is 17.3 Å². The van der Waals surface area contributed by atoms with E-state index in [0.717, 1.165) is 12.0 Å². The van der Waals surface area contributed by atoms with Gasteiger partial charge < -0.3 is 19.9 Å². The molecular formula is C19H28N6O3. The Labute approximate surface area is 165 Å². The van der Waals surface area contributed by atoms with E-state index in [2.05, 4.69) is 31.1 Å². The summed E-state index contributed by atoms with van der Waals surface area (Å²) in [7, 11) is 1.70. The molecule has 0 saturated carbocycles. The standard InChI is InChI=1S/C19H28N6O3/c1-13-23-16(28-25-13)12-22-17(20-5)21-11-10-14-6-8-15(9-7-14)24-18(26)27-19(2,3)4/h6-9H,10-12H2,1-5H3,(H,24,26)(H2,20,21,22). The fourth-order valence-electron chi connectivity index (χ4n) is 2.29. The number of hydrogen-bond donors (Lipinski definition) is 3. The van der Waals surface area contributed by atoms with E-state index in [0.29, 0.717) is 36.5 Å². The van der Waals surface area contributed by atoms with Crippen LogP contribution in [-0.4, -0.2) is 41.4 Å². The third kappa shape index (κ3) is 7.65. The second kappa shape index (κ2) is 9.72. The minimum atomic E-state index is -0.523. The molecule has 0 saturated heterocycles. The molecule has 9 heteroatoms. The number of carbonyl (C=O) groups excluding carboxylic acids is 1. The Morgan fingerprint density at radius 2 is 1.93 bits per heavy atom. The van der Waals surface area contributed by atoms with Gasteiger partial charge in [-0.15, -0.1) is 0 Å². The Balaban J connectivity index is 1.73. The molecule has 9 nitrogen and oxygen atoms in total. The zero-order valence-electron chi connectivity index (χ0n) is 17.0. The number of hydrogen-bond acceptors (Lipinski definition) is 6. The van der Waals surface area contributed by atoms with Crippen molar-refractivity contribution in [3.63, 3.8) is 0 Å². The van der Waals surface area contributed by atoms with Gasteiger partial charge in [0, 0.05) is 19.3 Å². The smallest absolute Gasteiger partial charge is 0.412 e. The zero-order valence-corrected chi connectivity index (χ0v) is 17.0. The van der Waals surface area contributed by atoms with Crippen molar-refractivity contribution < 1.29 is 14.1 Å². The highest BCUT2D eigenvalue weighted by molar-refractivity contribution is 5.84. The predicted octanol–water partition coefficient (Wildman–Crippen LogP) is 2.63. The molecule has 3 N–H and O–H groups in total. The molecule has 28 heavy (non-hydrogen) atoms. The third-order valence-corrected chi connectivity index (χ3v) is 3.51. The second-order valence-electron chi connectivity index (χ2n) is 7.16. The van der Waals surface area contributed by atoms with E-state index in [4.69, 9.17) is 9.26 Å². The molecule has 0 atom stereocenters. The molecule has 1 amide bonds. The van der Waals surface area contributed by atoms with Crippen molar-refractivity contribution in [1.29, 1.82) is 0 Å². The lowest BCUT2D eigenvalue weighted by Crippen LogP contribution is -2.37. The molecule has 0 unspecified atom stereocenters. The van der Waals surface area contributed by atoms with Crippen LogP contribution in [0, 0.1) is 6.92 Å². The summed E-state index contributed by atoms with van der Waals surface area (Å²) >= 11 is 0. The Bertz CT molecular complexity index is 793. The van der Waals surface area contributed by atoms with E-state index < -0.39 is 11.7 Å². The maximum absolute atomic E-state index is 11.8. The number of aromatic nitrogens is 2. The highest BCUT2D eigenvalue weighted by Crippen LogP contribution is 2.13. The fourth-order valence-corrected chi connectivity index (χ4v) is 2.29. The number of benzene rings is 1. The third-order valence-electron chi connectivity index (χ3n) is 3.51. The van der Waals surface area contributed by atoms with Crippen molar-refractivity contribution in [2.75, 3.05) is 18.9 Å². The Morgan fingerprint density at radius 3 is 2.50 bits per heavy atom. The van der Waals surface area contributed by atoms with Crippen LogP contribution in [0.25, 0.3) is 0 Å². The molecule has 2 rings (SSSR count). The maximum Gasteiger partial charge on any atom is 0.412 e. The van der Waals surface area contributed by atoms with Crippen molar-refractivity contribution in [3.05, 3.63) is 41.5 Å². The summed E-state index contributed by atoms with van der Waals surface area (Å²) in [5.74, 6) is 1.76.